The third-order valence-electron chi connectivity index (χ3n) is 2.43. The summed E-state index contributed by atoms with van der Waals surface area (Å²) in [4.78, 5) is 0. The average molecular weight is 215 g/mol. The Balaban J connectivity index is 2.56. The molecule has 1 aromatic carbocycles. The fraction of sp³-hybridized carbons (Fsp3) is 0.400. The Bertz CT molecular complexity index is 382. The van der Waals surface area contributed by atoms with Crippen LogP contribution in [0.3, 0.4) is 0 Å². The lowest BCUT2D eigenvalue weighted by atomic mass is 9.98. The van der Waals surface area contributed by atoms with Gasteiger partial charge < -0.3 is 15.2 Å². The summed E-state index contributed by atoms with van der Waals surface area (Å²) >= 11 is 0. The molecule has 0 saturated heterocycles. The van der Waals surface area contributed by atoms with E-state index in [9.17, 15) is 8.78 Å². The Hall–Kier alpha value is -1.36. The lowest BCUT2D eigenvalue weighted by molar-refractivity contribution is -0.0601. The number of methoxy groups -OCH3 is 1. The van der Waals surface area contributed by atoms with Crippen LogP contribution >= 0.6 is 0 Å². The number of ether oxygens (including phenoxy) is 2. The summed E-state index contributed by atoms with van der Waals surface area (Å²) in [5, 5.41) is 0. The maximum absolute atomic E-state index is 13.6. The minimum atomic E-state index is -3.07. The van der Waals surface area contributed by atoms with E-state index >= 15 is 0 Å². The first-order chi connectivity index (χ1) is 7.07. The quantitative estimate of drug-likeness (QED) is 0.772. The molecule has 0 fully saturated rings. The van der Waals surface area contributed by atoms with E-state index in [1.165, 1.54) is 19.2 Å². The van der Waals surface area contributed by atoms with Crippen molar-refractivity contribution in [2.45, 2.75) is 12.0 Å². The zero-order valence-corrected chi connectivity index (χ0v) is 8.17. The van der Waals surface area contributed by atoms with Gasteiger partial charge in [0.05, 0.1) is 12.7 Å². The zero-order chi connectivity index (χ0) is 11.1. The molecule has 2 rings (SSSR count). The zero-order valence-electron chi connectivity index (χ0n) is 8.17. The van der Waals surface area contributed by atoms with E-state index in [0.29, 0.717) is 5.75 Å². The molecular formula is C10H11F2NO2. The summed E-state index contributed by atoms with van der Waals surface area (Å²) in [6.07, 6.45) is 0. The Labute approximate surface area is 85.8 Å². The van der Waals surface area contributed by atoms with Gasteiger partial charge in [-0.15, -0.1) is 0 Å². The number of halogens is 2. The van der Waals surface area contributed by atoms with Crippen molar-refractivity contribution in [3.63, 3.8) is 0 Å². The van der Waals surface area contributed by atoms with Gasteiger partial charge in [0.2, 0.25) is 0 Å². The molecule has 0 spiro atoms. The van der Waals surface area contributed by atoms with Gasteiger partial charge in [-0.05, 0) is 12.1 Å². The highest BCUT2D eigenvalue weighted by molar-refractivity contribution is 5.50. The van der Waals surface area contributed by atoms with Crippen LogP contribution in [0.15, 0.2) is 18.2 Å². The molecule has 1 heterocycles. The number of alkyl halides is 2. The molecule has 0 bridgehead atoms. The molecule has 1 aliphatic heterocycles. The van der Waals surface area contributed by atoms with E-state index < -0.39 is 12.0 Å². The number of nitrogens with two attached hydrogens (primary N) is 1. The molecule has 0 saturated carbocycles. The Morgan fingerprint density at radius 3 is 2.93 bits per heavy atom. The second kappa shape index (κ2) is 3.34. The van der Waals surface area contributed by atoms with E-state index in [0.717, 1.165) is 0 Å². The number of rotatable bonds is 1. The van der Waals surface area contributed by atoms with Crippen LogP contribution in [0.2, 0.25) is 0 Å². The van der Waals surface area contributed by atoms with Crippen molar-refractivity contribution in [3.05, 3.63) is 23.8 Å². The maximum Gasteiger partial charge on any atom is 0.295 e. The van der Waals surface area contributed by atoms with Crippen molar-refractivity contribution in [1.82, 2.24) is 0 Å². The summed E-state index contributed by atoms with van der Waals surface area (Å²) in [5.74, 6) is -2.67. The smallest absolute Gasteiger partial charge is 0.295 e. The number of fused-ring (bicyclic) bond motifs is 1. The molecule has 0 aliphatic carbocycles. The minimum absolute atomic E-state index is 0.0895. The van der Waals surface area contributed by atoms with Crippen molar-refractivity contribution in [2.24, 2.45) is 5.73 Å². The Kier molecular flexibility index (Phi) is 2.26. The Morgan fingerprint density at radius 2 is 2.27 bits per heavy atom. The lowest BCUT2D eigenvalue weighted by Crippen LogP contribution is -2.46. The van der Waals surface area contributed by atoms with Crippen molar-refractivity contribution in [3.8, 4) is 11.5 Å². The molecule has 5 heteroatoms. The molecular weight excluding hydrogens is 204 g/mol. The van der Waals surface area contributed by atoms with Gasteiger partial charge in [-0.2, -0.15) is 8.78 Å². The SMILES string of the molecule is COc1cccc2c1OCC(N)C2(F)F. The maximum atomic E-state index is 13.6. The van der Waals surface area contributed by atoms with E-state index in [-0.39, 0.29) is 17.9 Å². The third-order valence-corrected chi connectivity index (χ3v) is 2.43. The van der Waals surface area contributed by atoms with E-state index in [2.05, 4.69) is 0 Å². The fourth-order valence-electron chi connectivity index (χ4n) is 1.57. The summed E-state index contributed by atoms with van der Waals surface area (Å²) in [6, 6.07) is 3.06. The van der Waals surface area contributed by atoms with Crippen molar-refractivity contribution in [2.75, 3.05) is 13.7 Å². The molecule has 1 atom stereocenters. The van der Waals surface area contributed by atoms with Gasteiger partial charge in [-0.3, -0.25) is 0 Å². The third kappa shape index (κ3) is 1.43. The topological polar surface area (TPSA) is 44.5 Å². The van der Waals surface area contributed by atoms with E-state index in [1.54, 1.807) is 6.07 Å². The van der Waals surface area contributed by atoms with Crippen LogP contribution in [0.1, 0.15) is 5.56 Å². The molecule has 1 aliphatic rings. The highest BCUT2D eigenvalue weighted by Gasteiger charge is 2.46. The predicted octanol–water partition coefficient (Wildman–Crippen LogP) is 1.51. The summed E-state index contributed by atoms with van der Waals surface area (Å²) < 4.78 is 37.4. The largest absolute Gasteiger partial charge is 0.493 e. The number of hydrogen-bond donors (Lipinski definition) is 1. The first-order valence-electron chi connectivity index (χ1n) is 4.51. The van der Waals surface area contributed by atoms with E-state index in [1.807, 2.05) is 0 Å². The van der Waals surface area contributed by atoms with Gasteiger partial charge in [0.25, 0.3) is 5.92 Å². The monoisotopic (exact) mass is 215 g/mol. The van der Waals surface area contributed by atoms with Crippen LogP contribution in [-0.4, -0.2) is 19.8 Å². The van der Waals surface area contributed by atoms with Crippen molar-refractivity contribution >= 4 is 0 Å². The average Bonchev–Trinajstić information content (AvgIpc) is 2.23. The van der Waals surface area contributed by atoms with Crippen LogP contribution in [0, 0.1) is 0 Å². The number of para-hydroxylation sites is 1. The molecule has 15 heavy (non-hydrogen) atoms. The molecule has 0 radical (unpaired) electrons. The summed E-state index contributed by atoms with van der Waals surface area (Å²) in [5.41, 5.74) is 5.10. The van der Waals surface area contributed by atoms with Crippen molar-refractivity contribution in [1.29, 1.82) is 0 Å². The lowest BCUT2D eigenvalue weighted by Gasteiger charge is -2.31. The molecule has 2 N–H and O–H groups in total. The summed E-state index contributed by atoms with van der Waals surface area (Å²) in [7, 11) is 1.41. The van der Waals surface area contributed by atoms with Gasteiger partial charge in [0.15, 0.2) is 11.5 Å². The molecule has 82 valence electrons. The van der Waals surface area contributed by atoms with Gasteiger partial charge in [-0.25, -0.2) is 0 Å². The van der Waals surface area contributed by atoms with Crippen LogP contribution in [-0.2, 0) is 5.92 Å². The molecule has 0 aromatic heterocycles. The van der Waals surface area contributed by atoms with Gasteiger partial charge >= 0.3 is 0 Å². The number of hydrogen-bond acceptors (Lipinski definition) is 3. The minimum Gasteiger partial charge on any atom is -0.493 e. The van der Waals surface area contributed by atoms with E-state index in [4.69, 9.17) is 15.2 Å². The standard InChI is InChI=1S/C10H11F2NO2/c1-14-7-4-2-3-6-9(7)15-5-8(13)10(6,11)12/h2-4,8H,5,13H2,1H3. The van der Waals surface area contributed by atoms with Crippen LogP contribution in [0.25, 0.3) is 0 Å². The van der Waals surface area contributed by atoms with Gasteiger partial charge in [-0.1, -0.05) is 6.07 Å². The van der Waals surface area contributed by atoms with Crippen molar-refractivity contribution < 1.29 is 18.3 Å². The second-order valence-electron chi connectivity index (χ2n) is 3.38. The molecule has 3 nitrogen and oxygen atoms in total. The fourth-order valence-corrected chi connectivity index (χ4v) is 1.57. The van der Waals surface area contributed by atoms with Gasteiger partial charge in [0, 0.05) is 0 Å². The first kappa shape index (κ1) is 10.2. The number of benzene rings is 1. The molecule has 1 aromatic rings. The predicted molar refractivity (Wildman–Crippen MR) is 50.4 cm³/mol. The molecule has 1 unspecified atom stereocenters. The normalized spacial score (nSPS) is 22.8. The highest BCUT2D eigenvalue weighted by atomic mass is 19.3. The highest BCUT2D eigenvalue weighted by Crippen LogP contribution is 2.45. The summed E-state index contributed by atoms with van der Waals surface area (Å²) in [6.45, 7) is -0.208. The first-order valence-corrected chi connectivity index (χ1v) is 4.51. The van der Waals surface area contributed by atoms with Gasteiger partial charge in [0.1, 0.15) is 12.6 Å². The molecule has 0 amide bonds. The Morgan fingerprint density at radius 1 is 1.53 bits per heavy atom. The second-order valence-corrected chi connectivity index (χ2v) is 3.38. The van der Waals surface area contributed by atoms with Crippen LogP contribution in [0.4, 0.5) is 8.78 Å². The van der Waals surface area contributed by atoms with Crippen LogP contribution < -0.4 is 15.2 Å². The van der Waals surface area contributed by atoms with Crippen LogP contribution in [0.5, 0.6) is 11.5 Å².